The molecule has 0 aliphatic heterocycles. The molecule has 0 saturated carbocycles. The quantitative estimate of drug-likeness (QED) is 0.588. The number of ether oxygens (including phenoxy) is 1. The molecule has 0 amide bonds. The first-order valence-electron chi connectivity index (χ1n) is 4.82. The number of aliphatic carboxylic acids is 1. The fourth-order valence-electron chi connectivity index (χ4n) is 0.569. The average Bonchev–Trinajstić information content (AvgIpc) is 2.00. The highest BCUT2D eigenvalue weighted by molar-refractivity contribution is 5.63. The first kappa shape index (κ1) is 15.8. The zero-order chi connectivity index (χ0) is 11.6. The molecular weight excluding hydrogens is 182 g/mol. The second-order valence-corrected chi connectivity index (χ2v) is 4.13. The molecule has 0 aliphatic rings. The zero-order valence-corrected chi connectivity index (χ0v) is 10.0. The van der Waals surface area contributed by atoms with Crippen molar-refractivity contribution in [1.82, 2.24) is 0 Å². The Balaban J connectivity index is 0. The lowest BCUT2D eigenvalue weighted by Crippen LogP contribution is -2.37. The summed E-state index contributed by atoms with van der Waals surface area (Å²) < 4.78 is 5.88. The smallest absolute Gasteiger partial charge is 0.102 e. The molecular formula is C10H23NO3. The van der Waals surface area contributed by atoms with E-state index < -0.39 is 5.97 Å². The van der Waals surface area contributed by atoms with Gasteiger partial charge in [0.25, 0.3) is 0 Å². The normalized spacial score (nSPS) is 10.4. The molecule has 0 atom stereocenters. The van der Waals surface area contributed by atoms with Crippen LogP contribution in [0.25, 0.3) is 0 Å². The van der Waals surface area contributed by atoms with Crippen LogP contribution in [0, 0.1) is 0 Å². The molecule has 0 radical (unpaired) electrons. The number of carbonyl (C=O) groups excluding carboxylic acids is 1. The third kappa shape index (κ3) is 22.5. The van der Waals surface area contributed by atoms with Crippen molar-refractivity contribution >= 4 is 5.97 Å². The number of rotatable bonds is 5. The van der Waals surface area contributed by atoms with Gasteiger partial charge in [-0.15, -0.1) is 0 Å². The lowest BCUT2D eigenvalue weighted by atomic mass is 10.4. The van der Waals surface area contributed by atoms with E-state index in [1.54, 1.807) is 14.0 Å². The lowest BCUT2D eigenvalue weighted by Gasteiger charge is -2.22. The van der Waals surface area contributed by atoms with E-state index in [1.807, 2.05) is 0 Å². The number of carboxylic acids is 1. The zero-order valence-electron chi connectivity index (χ0n) is 10.0. The monoisotopic (exact) mass is 205 g/mol. The van der Waals surface area contributed by atoms with E-state index in [0.717, 1.165) is 17.6 Å². The second-order valence-electron chi connectivity index (χ2n) is 4.13. The van der Waals surface area contributed by atoms with Crippen molar-refractivity contribution in [2.45, 2.75) is 19.8 Å². The first-order chi connectivity index (χ1) is 6.33. The second kappa shape index (κ2) is 8.97. The summed E-state index contributed by atoms with van der Waals surface area (Å²) in [6.45, 7) is 3.73. The number of methoxy groups -OCH3 is 1. The highest BCUT2D eigenvalue weighted by Crippen LogP contribution is 1.87. The summed E-state index contributed by atoms with van der Waals surface area (Å²) >= 11 is 0. The van der Waals surface area contributed by atoms with Crippen LogP contribution in [0.2, 0.25) is 0 Å². The van der Waals surface area contributed by atoms with Gasteiger partial charge in [0.05, 0.1) is 27.7 Å². The third-order valence-corrected chi connectivity index (χ3v) is 1.42. The van der Waals surface area contributed by atoms with E-state index in [2.05, 4.69) is 21.1 Å². The van der Waals surface area contributed by atoms with Crippen molar-refractivity contribution < 1.29 is 19.1 Å². The maximum absolute atomic E-state index is 9.49. The van der Waals surface area contributed by atoms with Crippen molar-refractivity contribution in [2.24, 2.45) is 0 Å². The van der Waals surface area contributed by atoms with Crippen molar-refractivity contribution in [3.8, 4) is 0 Å². The van der Waals surface area contributed by atoms with E-state index in [0.29, 0.717) is 6.42 Å². The maximum Gasteiger partial charge on any atom is 0.102 e. The molecule has 0 saturated heterocycles. The molecule has 0 aromatic rings. The Morgan fingerprint density at radius 3 is 1.93 bits per heavy atom. The van der Waals surface area contributed by atoms with Gasteiger partial charge in [-0.1, -0.05) is 13.3 Å². The van der Waals surface area contributed by atoms with Crippen molar-refractivity contribution in [3.63, 3.8) is 0 Å². The van der Waals surface area contributed by atoms with E-state index >= 15 is 0 Å². The van der Waals surface area contributed by atoms with Gasteiger partial charge in [-0.25, -0.2) is 0 Å². The predicted molar refractivity (Wildman–Crippen MR) is 54.7 cm³/mol. The summed E-state index contributed by atoms with van der Waals surface area (Å²) in [7, 11) is 8.19. The molecule has 0 aromatic carbocycles. The Morgan fingerprint density at radius 2 is 1.86 bits per heavy atom. The van der Waals surface area contributed by atoms with Crippen LogP contribution < -0.4 is 5.11 Å². The number of likely N-dealkylation sites (N-methyl/N-ethyl adjacent to an activating group) is 1. The van der Waals surface area contributed by atoms with Gasteiger partial charge in [0.15, 0.2) is 0 Å². The van der Waals surface area contributed by atoms with Gasteiger partial charge in [-0.05, 0) is 6.42 Å². The molecule has 0 unspecified atom stereocenters. The number of nitrogens with zero attached hydrogens (tertiary/aromatic N) is 1. The van der Waals surface area contributed by atoms with Crippen LogP contribution in [0.3, 0.4) is 0 Å². The Morgan fingerprint density at radius 1 is 1.36 bits per heavy atom. The van der Waals surface area contributed by atoms with E-state index in [9.17, 15) is 9.90 Å². The lowest BCUT2D eigenvalue weighted by molar-refractivity contribution is -0.870. The van der Waals surface area contributed by atoms with Crippen LogP contribution in [0.1, 0.15) is 19.8 Å². The minimum absolute atomic E-state index is 0.181. The molecule has 0 rings (SSSR count). The fourth-order valence-corrected chi connectivity index (χ4v) is 0.569. The standard InChI is InChI=1S/C6H16NO.C4H8O2/c1-7(2,3)5-6-8-4;1-2-3-4(5)6/h5-6H2,1-4H3;2-3H2,1H3,(H,5,6)/q+1;/p-1. The highest BCUT2D eigenvalue weighted by Gasteiger charge is 2.03. The van der Waals surface area contributed by atoms with Gasteiger partial charge in [0, 0.05) is 13.1 Å². The molecule has 0 heterocycles. The Hall–Kier alpha value is -0.610. The molecule has 4 nitrogen and oxygen atoms in total. The summed E-state index contributed by atoms with van der Waals surface area (Å²) in [6, 6.07) is 0. The Bertz CT molecular complexity index is 141. The molecule has 0 aliphatic carbocycles. The highest BCUT2D eigenvalue weighted by atomic mass is 16.5. The predicted octanol–water partition coefficient (Wildman–Crippen LogP) is -0.125. The average molecular weight is 205 g/mol. The number of hydrogen-bond donors (Lipinski definition) is 0. The third-order valence-electron chi connectivity index (χ3n) is 1.42. The van der Waals surface area contributed by atoms with Gasteiger partial charge < -0.3 is 19.1 Å². The van der Waals surface area contributed by atoms with Crippen LogP contribution in [0.4, 0.5) is 0 Å². The first-order valence-corrected chi connectivity index (χ1v) is 4.82. The molecule has 0 N–H and O–H groups in total. The van der Waals surface area contributed by atoms with Crippen molar-refractivity contribution in [1.29, 1.82) is 0 Å². The summed E-state index contributed by atoms with van der Waals surface area (Å²) in [5, 5.41) is 9.49. The van der Waals surface area contributed by atoms with Gasteiger partial charge in [0.1, 0.15) is 6.54 Å². The van der Waals surface area contributed by atoms with E-state index in [-0.39, 0.29) is 6.42 Å². The summed E-state index contributed by atoms with van der Waals surface area (Å²) in [5.74, 6) is -0.961. The van der Waals surface area contributed by atoms with Gasteiger partial charge in [-0.2, -0.15) is 0 Å². The number of quaternary nitrogens is 1. The topological polar surface area (TPSA) is 49.4 Å². The molecule has 0 aromatic heterocycles. The van der Waals surface area contributed by atoms with Crippen LogP contribution in [-0.2, 0) is 9.53 Å². The van der Waals surface area contributed by atoms with Gasteiger partial charge >= 0.3 is 0 Å². The van der Waals surface area contributed by atoms with E-state index in [4.69, 9.17) is 4.74 Å². The summed E-state index contributed by atoms with van der Waals surface area (Å²) in [5.41, 5.74) is 0. The minimum atomic E-state index is -0.961. The Labute approximate surface area is 87.1 Å². The number of carboxylic acid groups (broad SMARTS) is 1. The van der Waals surface area contributed by atoms with Crippen molar-refractivity contribution in [3.05, 3.63) is 0 Å². The number of carbonyl (C=O) groups is 1. The SMILES string of the molecule is CCCC(=O)[O-].COCC[N+](C)(C)C. The van der Waals surface area contributed by atoms with Gasteiger partial charge in [0.2, 0.25) is 0 Å². The van der Waals surface area contributed by atoms with Crippen LogP contribution >= 0.6 is 0 Å². The minimum Gasteiger partial charge on any atom is -0.550 e. The maximum atomic E-state index is 9.49. The molecule has 4 heteroatoms. The van der Waals surface area contributed by atoms with Gasteiger partial charge in [-0.3, -0.25) is 0 Å². The van der Waals surface area contributed by atoms with Crippen molar-refractivity contribution in [2.75, 3.05) is 41.4 Å². The van der Waals surface area contributed by atoms with Crippen LogP contribution in [0.5, 0.6) is 0 Å². The summed E-state index contributed by atoms with van der Waals surface area (Å²) in [6.07, 6.45) is 0.850. The molecule has 14 heavy (non-hydrogen) atoms. The largest absolute Gasteiger partial charge is 0.550 e. The molecule has 0 bridgehead atoms. The fraction of sp³-hybridized carbons (Fsp3) is 0.900. The van der Waals surface area contributed by atoms with Crippen LogP contribution in [0.15, 0.2) is 0 Å². The molecule has 86 valence electrons. The Kier molecular flexibility index (Phi) is 10.1. The number of hydrogen-bond acceptors (Lipinski definition) is 3. The van der Waals surface area contributed by atoms with E-state index in [1.165, 1.54) is 0 Å². The van der Waals surface area contributed by atoms with Crippen LogP contribution in [-0.4, -0.2) is 51.9 Å². The molecule has 0 fully saturated rings. The molecule has 0 spiro atoms. The summed E-state index contributed by atoms with van der Waals surface area (Å²) in [4.78, 5) is 9.49.